The molecule has 0 spiro atoms. The molecule has 21 heavy (non-hydrogen) atoms. The summed E-state index contributed by atoms with van der Waals surface area (Å²) in [6, 6.07) is 11.0. The molecule has 0 aliphatic rings. The summed E-state index contributed by atoms with van der Waals surface area (Å²) >= 11 is -0.182. The van der Waals surface area contributed by atoms with Gasteiger partial charge in [0.1, 0.15) is 5.75 Å². The van der Waals surface area contributed by atoms with E-state index in [-0.39, 0.29) is 10.8 Å². The van der Waals surface area contributed by atoms with Gasteiger partial charge in [-0.05, 0) is 76.1 Å². The number of hydrogen-bond acceptors (Lipinski definition) is 4. The molecule has 7 heteroatoms. The number of ether oxygens (including phenoxy) is 1. The third-order valence-corrected chi connectivity index (χ3v) is 4.22. The van der Waals surface area contributed by atoms with Crippen molar-refractivity contribution in [1.29, 1.82) is 0 Å². The minimum atomic E-state index is -2.27. The van der Waals surface area contributed by atoms with Crippen molar-refractivity contribution >= 4 is 45.3 Å². The monoisotopic (exact) mass is 416 g/mol. The molecule has 0 saturated heterocycles. The van der Waals surface area contributed by atoms with Crippen molar-refractivity contribution < 1.29 is 18.3 Å². The van der Waals surface area contributed by atoms with Gasteiger partial charge < -0.3 is 14.6 Å². The van der Waals surface area contributed by atoms with Gasteiger partial charge in [-0.2, -0.15) is 0 Å². The average Bonchev–Trinajstić information content (AvgIpc) is 2.47. The van der Waals surface area contributed by atoms with Crippen LogP contribution in [0.15, 0.2) is 47.4 Å². The maximum Gasteiger partial charge on any atom is 0.255 e. The number of hydrogen-bond donors (Lipinski definition) is 1. The Balaban J connectivity index is 2.14. The molecular weight excluding hydrogens is 405 g/mol. The highest BCUT2D eigenvalue weighted by atomic mass is 127. The summed E-state index contributed by atoms with van der Waals surface area (Å²) in [7, 11) is 1.57. The quantitative estimate of drug-likeness (QED) is 0.614. The van der Waals surface area contributed by atoms with E-state index in [1.165, 1.54) is 24.3 Å². The minimum Gasteiger partial charge on any atom is -0.768 e. The van der Waals surface area contributed by atoms with Crippen molar-refractivity contribution in [2.24, 2.45) is 0 Å². The van der Waals surface area contributed by atoms with Crippen LogP contribution in [0.2, 0.25) is 0 Å². The molecule has 0 aliphatic carbocycles. The van der Waals surface area contributed by atoms with E-state index in [1.54, 1.807) is 25.3 Å². The Morgan fingerprint density at radius 3 is 2.43 bits per heavy atom. The number of rotatable bonds is 4. The van der Waals surface area contributed by atoms with Crippen LogP contribution in [0.5, 0.6) is 5.75 Å². The molecule has 2 aromatic carbocycles. The predicted molar refractivity (Wildman–Crippen MR) is 87.3 cm³/mol. The largest absolute Gasteiger partial charge is 0.768 e. The number of benzene rings is 2. The lowest BCUT2D eigenvalue weighted by molar-refractivity contribution is 0.102. The molecule has 0 heterocycles. The lowest BCUT2D eigenvalue weighted by atomic mass is 10.2. The van der Waals surface area contributed by atoms with Gasteiger partial charge in [-0.25, -0.2) is 0 Å². The van der Waals surface area contributed by atoms with Crippen molar-refractivity contribution in [3.05, 3.63) is 51.6 Å². The predicted octanol–water partition coefficient (Wildman–Crippen LogP) is 2.79. The fourth-order valence-corrected chi connectivity index (χ4v) is 2.75. The Morgan fingerprint density at radius 2 is 1.90 bits per heavy atom. The van der Waals surface area contributed by atoms with Crippen LogP contribution in [0, 0.1) is 3.57 Å². The summed E-state index contributed by atoms with van der Waals surface area (Å²) in [6.07, 6.45) is 0. The van der Waals surface area contributed by atoms with E-state index in [1.807, 2.05) is 0 Å². The second-order valence-electron chi connectivity index (χ2n) is 4.06. The molecule has 0 aromatic heterocycles. The van der Waals surface area contributed by atoms with E-state index in [4.69, 9.17) is 4.74 Å². The van der Waals surface area contributed by atoms with Crippen molar-refractivity contribution in [2.75, 3.05) is 12.4 Å². The first-order chi connectivity index (χ1) is 10.0. The van der Waals surface area contributed by atoms with E-state index in [0.717, 1.165) is 3.57 Å². The Hall–Kier alpha value is -1.45. The van der Waals surface area contributed by atoms with Gasteiger partial charge in [-0.15, -0.1) is 0 Å². The van der Waals surface area contributed by atoms with Gasteiger partial charge in [0, 0.05) is 16.1 Å². The lowest BCUT2D eigenvalue weighted by Gasteiger charge is -2.09. The summed E-state index contributed by atoms with van der Waals surface area (Å²) in [5, 5.41) is 2.70. The zero-order valence-corrected chi connectivity index (χ0v) is 13.9. The highest BCUT2D eigenvalue weighted by Crippen LogP contribution is 2.22. The average molecular weight is 416 g/mol. The number of carbonyl (C=O) groups excluding carboxylic acids is 1. The first kappa shape index (κ1) is 15.9. The Kier molecular flexibility index (Phi) is 5.32. The number of carbonyl (C=O) groups is 1. The fourth-order valence-electron chi connectivity index (χ4n) is 1.66. The highest BCUT2D eigenvalue weighted by Gasteiger charge is 2.09. The molecule has 1 unspecified atom stereocenters. The minimum absolute atomic E-state index is 0.173. The van der Waals surface area contributed by atoms with Gasteiger partial charge in [0.05, 0.1) is 10.7 Å². The molecular formula is C14H11INO4S-. The molecule has 0 aliphatic heterocycles. The molecule has 0 bridgehead atoms. The van der Waals surface area contributed by atoms with Gasteiger partial charge in [0.15, 0.2) is 0 Å². The summed E-state index contributed by atoms with van der Waals surface area (Å²) < 4.78 is 27.5. The van der Waals surface area contributed by atoms with Crippen LogP contribution in [0.25, 0.3) is 0 Å². The molecule has 5 nitrogen and oxygen atoms in total. The zero-order valence-electron chi connectivity index (χ0n) is 11.0. The van der Waals surface area contributed by atoms with Gasteiger partial charge in [-0.3, -0.25) is 9.00 Å². The Labute approximate surface area is 138 Å². The van der Waals surface area contributed by atoms with Crippen LogP contribution in [0.1, 0.15) is 10.4 Å². The fraction of sp³-hybridized carbons (Fsp3) is 0.0714. The SMILES string of the molecule is COc1ccc(C(=O)Nc2ccc(S(=O)[O-])cc2)cc1I. The van der Waals surface area contributed by atoms with E-state index in [2.05, 4.69) is 27.9 Å². The Morgan fingerprint density at radius 1 is 1.24 bits per heavy atom. The van der Waals surface area contributed by atoms with Gasteiger partial charge in [-0.1, -0.05) is 0 Å². The van der Waals surface area contributed by atoms with Gasteiger partial charge in [0.25, 0.3) is 5.91 Å². The number of nitrogens with one attached hydrogen (secondary N) is 1. The first-order valence-corrected chi connectivity index (χ1v) is 8.01. The van der Waals surface area contributed by atoms with Crippen LogP contribution in [-0.2, 0) is 11.1 Å². The third kappa shape index (κ3) is 4.02. The van der Waals surface area contributed by atoms with Crippen molar-refractivity contribution in [3.63, 3.8) is 0 Å². The van der Waals surface area contributed by atoms with E-state index < -0.39 is 11.1 Å². The topological polar surface area (TPSA) is 78.5 Å². The van der Waals surface area contributed by atoms with Gasteiger partial charge >= 0.3 is 0 Å². The van der Waals surface area contributed by atoms with Crippen LogP contribution < -0.4 is 10.1 Å². The number of methoxy groups -OCH3 is 1. The molecule has 0 radical (unpaired) electrons. The summed E-state index contributed by atoms with van der Waals surface area (Å²) in [4.78, 5) is 12.3. The maximum atomic E-state index is 12.1. The third-order valence-electron chi connectivity index (χ3n) is 2.72. The summed E-state index contributed by atoms with van der Waals surface area (Å²) in [5.41, 5.74) is 1.02. The second-order valence-corrected chi connectivity index (χ2v) is 6.17. The molecule has 1 N–H and O–H groups in total. The number of anilines is 1. The van der Waals surface area contributed by atoms with E-state index in [0.29, 0.717) is 17.0 Å². The Bertz CT molecular complexity index is 688. The molecule has 1 atom stereocenters. The standard InChI is InChI=1S/C14H12INO4S/c1-20-13-7-2-9(8-12(13)15)14(17)16-10-3-5-11(6-4-10)21(18)19/h2-8H,1H3,(H,16,17)(H,18,19)/p-1. The molecule has 2 aromatic rings. The van der Waals surface area contributed by atoms with E-state index >= 15 is 0 Å². The molecule has 0 fully saturated rings. The maximum absolute atomic E-state index is 12.1. The van der Waals surface area contributed by atoms with E-state index in [9.17, 15) is 13.6 Å². The van der Waals surface area contributed by atoms with Crippen LogP contribution >= 0.6 is 22.6 Å². The van der Waals surface area contributed by atoms with Gasteiger partial charge in [0.2, 0.25) is 0 Å². The zero-order chi connectivity index (χ0) is 15.4. The number of halogens is 1. The summed E-state index contributed by atoms with van der Waals surface area (Å²) in [6.45, 7) is 0. The van der Waals surface area contributed by atoms with Crippen LogP contribution in [0.4, 0.5) is 5.69 Å². The molecule has 110 valence electrons. The first-order valence-electron chi connectivity index (χ1n) is 5.85. The second kappa shape index (κ2) is 7.01. The smallest absolute Gasteiger partial charge is 0.255 e. The van der Waals surface area contributed by atoms with Crippen molar-refractivity contribution in [1.82, 2.24) is 0 Å². The highest BCUT2D eigenvalue weighted by molar-refractivity contribution is 14.1. The van der Waals surface area contributed by atoms with Crippen LogP contribution in [-0.4, -0.2) is 21.8 Å². The summed E-state index contributed by atoms with van der Waals surface area (Å²) in [5.74, 6) is 0.431. The normalized spacial score (nSPS) is 11.8. The van der Waals surface area contributed by atoms with Crippen molar-refractivity contribution in [3.8, 4) is 5.75 Å². The number of amides is 1. The molecule has 1 amide bonds. The molecule has 0 saturated carbocycles. The van der Waals surface area contributed by atoms with Crippen LogP contribution in [0.3, 0.4) is 0 Å². The lowest BCUT2D eigenvalue weighted by Crippen LogP contribution is -2.12. The van der Waals surface area contributed by atoms with Crippen molar-refractivity contribution in [2.45, 2.75) is 4.90 Å². The molecule has 2 rings (SSSR count).